The van der Waals surface area contributed by atoms with Gasteiger partial charge in [0.05, 0.1) is 17.9 Å². The minimum absolute atomic E-state index is 0.0679. The highest BCUT2D eigenvalue weighted by atomic mass is 79.9. The minimum atomic E-state index is -0.0679. The van der Waals surface area contributed by atoms with Crippen LogP contribution in [0.25, 0.3) is 5.69 Å². The third-order valence-corrected chi connectivity index (χ3v) is 4.41. The minimum Gasteiger partial charge on any atom is -0.309 e. The first-order valence-corrected chi connectivity index (χ1v) is 9.15. The fourth-order valence-electron chi connectivity index (χ4n) is 2.74. The van der Waals surface area contributed by atoms with Gasteiger partial charge in [0.2, 0.25) is 5.91 Å². The van der Waals surface area contributed by atoms with Gasteiger partial charge in [-0.1, -0.05) is 46.3 Å². The van der Waals surface area contributed by atoms with Gasteiger partial charge >= 0.3 is 0 Å². The van der Waals surface area contributed by atoms with Crippen LogP contribution in [-0.4, -0.2) is 34.2 Å². The fraction of sp³-hybridized carbons (Fsp3) is 0.200. The molecule has 134 valence electrons. The molecule has 0 aliphatic carbocycles. The van der Waals surface area contributed by atoms with E-state index >= 15 is 0 Å². The van der Waals surface area contributed by atoms with Crippen LogP contribution < -0.4 is 5.32 Å². The monoisotopic (exact) mass is 412 g/mol. The van der Waals surface area contributed by atoms with Gasteiger partial charge in [0, 0.05) is 17.1 Å². The number of nitrogens with zero attached hydrogens (tertiary/aromatic N) is 3. The highest BCUT2D eigenvalue weighted by Gasteiger charge is 2.12. The van der Waals surface area contributed by atoms with Gasteiger partial charge < -0.3 is 5.32 Å². The van der Waals surface area contributed by atoms with Crippen LogP contribution in [0, 0.1) is 6.92 Å². The lowest BCUT2D eigenvalue weighted by Gasteiger charge is -2.17. The molecule has 0 fully saturated rings. The molecule has 3 aromatic rings. The van der Waals surface area contributed by atoms with E-state index in [2.05, 4.69) is 26.3 Å². The van der Waals surface area contributed by atoms with Gasteiger partial charge in [-0.15, -0.1) is 0 Å². The lowest BCUT2D eigenvalue weighted by Crippen LogP contribution is -2.30. The Labute approximate surface area is 161 Å². The average molecular weight is 413 g/mol. The van der Waals surface area contributed by atoms with Crippen LogP contribution in [0.15, 0.2) is 65.1 Å². The van der Waals surface area contributed by atoms with Crippen molar-refractivity contribution in [2.75, 3.05) is 18.9 Å². The average Bonchev–Trinajstić information content (AvgIpc) is 2.97. The number of aromatic nitrogens is 2. The maximum Gasteiger partial charge on any atom is 0.239 e. The van der Waals surface area contributed by atoms with Crippen molar-refractivity contribution < 1.29 is 4.79 Å². The predicted molar refractivity (Wildman–Crippen MR) is 107 cm³/mol. The smallest absolute Gasteiger partial charge is 0.239 e. The van der Waals surface area contributed by atoms with Crippen molar-refractivity contribution in [3.8, 4) is 5.69 Å². The SMILES string of the molecule is Cc1cc(NC(=O)CN(C)Cc2ccc(Br)cc2)n(-c2ccccc2)n1. The molecule has 1 amide bonds. The van der Waals surface area contributed by atoms with Gasteiger partial charge in [-0.2, -0.15) is 5.10 Å². The molecule has 1 aromatic heterocycles. The molecule has 5 nitrogen and oxygen atoms in total. The van der Waals surface area contributed by atoms with Crippen LogP contribution in [0.5, 0.6) is 0 Å². The summed E-state index contributed by atoms with van der Waals surface area (Å²) >= 11 is 3.43. The molecule has 0 aliphatic heterocycles. The molecule has 0 radical (unpaired) electrons. The quantitative estimate of drug-likeness (QED) is 0.665. The maximum atomic E-state index is 12.5. The number of nitrogens with one attached hydrogen (secondary N) is 1. The molecule has 26 heavy (non-hydrogen) atoms. The van der Waals surface area contributed by atoms with Crippen molar-refractivity contribution in [1.29, 1.82) is 0 Å². The van der Waals surface area contributed by atoms with Crippen molar-refractivity contribution >= 4 is 27.7 Å². The predicted octanol–water partition coefficient (Wildman–Crippen LogP) is 4.01. The zero-order chi connectivity index (χ0) is 18.5. The first-order valence-electron chi connectivity index (χ1n) is 8.36. The normalized spacial score (nSPS) is 10.9. The van der Waals surface area contributed by atoms with Crippen LogP contribution >= 0.6 is 15.9 Å². The number of amides is 1. The second-order valence-electron chi connectivity index (χ2n) is 6.27. The second-order valence-corrected chi connectivity index (χ2v) is 7.18. The number of hydrogen-bond acceptors (Lipinski definition) is 3. The number of hydrogen-bond donors (Lipinski definition) is 1. The third kappa shape index (κ3) is 4.80. The topological polar surface area (TPSA) is 50.2 Å². The fourth-order valence-corrected chi connectivity index (χ4v) is 3.00. The summed E-state index contributed by atoms with van der Waals surface area (Å²) in [6, 6.07) is 19.7. The van der Waals surface area contributed by atoms with E-state index in [1.54, 1.807) is 4.68 Å². The standard InChI is InChI=1S/C20H21BrN4O/c1-15-12-19(25(23-15)18-6-4-3-5-7-18)22-20(26)14-24(2)13-16-8-10-17(21)11-9-16/h3-12H,13-14H2,1-2H3,(H,22,26). The van der Waals surface area contributed by atoms with Gasteiger partial charge in [-0.25, -0.2) is 4.68 Å². The lowest BCUT2D eigenvalue weighted by molar-refractivity contribution is -0.117. The Morgan fingerprint density at radius 1 is 1.15 bits per heavy atom. The Kier molecular flexibility index (Phi) is 5.85. The molecule has 0 saturated carbocycles. The number of aryl methyl sites for hydroxylation is 1. The molecule has 0 saturated heterocycles. The van der Waals surface area contributed by atoms with Gasteiger partial charge in [-0.3, -0.25) is 9.69 Å². The first kappa shape index (κ1) is 18.4. The van der Waals surface area contributed by atoms with E-state index < -0.39 is 0 Å². The molecule has 0 bridgehead atoms. The summed E-state index contributed by atoms with van der Waals surface area (Å²) in [5, 5.41) is 7.44. The van der Waals surface area contributed by atoms with E-state index in [4.69, 9.17) is 0 Å². The molecule has 2 aromatic carbocycles. The largest absolute Gasteiger partial charge is 0.309 e. The summed E-state index contributed by atoms with van der Waals surface area (Å²) in [6.45, 7) is 2.92. The number of benzene rings is 2. The summed E-state index contributed by atoms with van der Waals surface area (Å²) in [7, 11) is 1.93. The summed E-state index contributed by atoms with van der Waals surface area (Å²) in [5.74, 6) is 0.609. The van der Waals surface area contributed by atoms with E-state index in [9.17, 15) is 4.79 Å². The maximum absolute atomic E-state index is 12.5. The number of carbonyl (C=O) groups is 1. The van der Waals surface area contributed by atoms with Gasteiger partial charge in [0.25, 0.3) is 0 Å². The highest BCUT2D eigenvalue weighted by molar-refractivity contribution is 9.10. The van der Waals surface area contributed by atoms with Crippen molar-refractivity contribution in [2.24, 2.45) is 0 Å². The summed E-state index contributed by atoms with van der Waals surface area (Å²) in [4.78, 5) is 14.4. The van der Waals surface area contributed by atoms with Crippen LogP contribution in [0.3, 0.4) is 0 Å². The van der Waals surface area contributed by atoms with Crippen molar-refractivity contribution in [2.45, 2.75) is 13.5 Å². The van der Waals surface area contributed by atoms with E-state index in [1.807, 2.05) is 79.5 Å². The molecule has 0 aliphatic rings. The zero-order valence-corrected chi connectivity index (χ0v) is 16.4. The molecule has 1 heterocycles. The Bertz CT molecular complexity index is 875. The van der Waals surface area contributed by atoms with Crippen molar-refractivity contribution in [3.63, 3.8) is 0 Å². The van der Waals surface area contributed by atoms with E-state index in [0.29, 0.717) is 18.9 Å². The van der Waals surface area contributed by atoms with Crippen LogP contribution in [0.1, 0.15) is 11.3 Å². The van der Waals surface area contributed by atoms with Gasteiger partial charge in [0.15, 0.2) is 0 Å². The van der Waals surface area contributed by atoms with Crippen molar-refractivity contribution in [3.05, 3.63) is 76.4 Å². The zero-order valence-electron chi connectivity index (χ0n) is 14.8. The summed E-state index contributed by atoms with van der Waals surface area (Å²) < 4.78 is 2.80. The van der Waals surface area contributed by atoms with Gasteiger partial charge in [-0.05, 0) is 43.8 Å². The number of para-hydroxylation sites is 1. The number of likely N-dealkylation sites (N-methyl/N-ethyl adjacent to an activating group) is 1. The lowest BCUT2D eigenvalue weighted by atomic mass is 10.2. The number of rotatable bonds is 6. The molecule has 3 rings (SSSR count). The summed E-state index contributed by atoms with van der Waals surface area (Å²) in [5.41, 5.74) is 2.93. The molecule has 0 unspecified atom stereocenters. The summed E-state index contributed by atoms with van der Waals surface area (Å²) in [6.07, 6.45) is 0. The molecule has 6 heteroatoms. The van der Waals surface area contributed by atoms with Crippen LogP contribution in [0.4, 0.5) is 5.82 Å². The number of anilines is 1. The molecule has 0 spiro atoms. The van der Waals surface area contributed by atoms with Gasteiger partial charge in [0.1, 0.15) is 5.82 Å². The van der Waals surface area contributed by atoms with E-state index in [-0.39, 0.29) is 5.91 Å². The Morgan fingerprint density at radius 2 is 1.85 bits per heavy atom. The third-order valence-electron chi connectivity index (χ3n) is 3.88. The molecular formula is C20H21BrN4O. The first-order chi connectivity index (χ1) is 12.5. The van der Waals surface area contributed by atoms with E-state index in [0.717, 1.165) is 21.4 Å². The molecule has 1 N–H and O–H groups in total. The van der Waals surface area contributed by atoms with Crippen LogP contribution in [0.2, 0.25) is 0 Å². The number of halogens is 1. The Morgan fingerprint density at radius 3 is 2.54 bits per heavy atom. The second kappa shape index (κ2) is 8.29. The van der Waals surface area contributed by atoms with Crippen LogP contribution in [-0.2, 0) is 11.3 Å². The Hall–Kier alpha value is -2.44. The highest BCUT2D eigenvalue weighted by Crippen LogP contribution is 2.17. The van der Waals surface area contributed by atoms with Crippen molar-refractivity contribution in [1.82, 2.24) is 14.7 Å². The van der Waals surface area contributed by atoms with E-state index in [1.165, 1.54) is 0 Å². The Balaban J connectivity index is 1.64. The number of carbonyl (C=O) groups excluding carboxylic acids is 1. The molecular weight excluding hydrogens is 392 g/mol. The molecule has 0 atom stereocenters.